The number of hydrogen-bond acceptors (Lipinski definition) is 3. The molecule has 1 heterocycles. The number of carbonyl (C=O) groups is 1. The maximum Gasteiger partial charge on any atom is 0.407 e. The van der Waals surface area contributed by atoms with Gasteiger partial charge in [-0.3, -0.25) is 0 Å². The van der Waals surface area contributed by atoms with E-state index in [-0.39, 0.29) is 0 Å². The van der Waals surface area contributed by atoms with Gasteiger partial charge >= 0.3 is 6.09 Å². The van der Waals surface area contributed by atoms with Crippen LogP contribution in [0.5, 0.6) is 0 Å². The van der Waals surface area contributed by atoms with E-state index in [1.54, 1.807) is 11.8 Å². The molecular formula is C20H29NO3S. The molecule has 4 nitrogen and oxygen atoms in total. The van der Waals surface area contributed by atoms with E-state index in [2.05, 4.69) is 30.5 Å². The third-order valence-electron chi connectivity index (χ3n) is 5.71. The Morgan fingerprint density at radius 2 is 1.76 bits per heavy atom. The first-order valence-electron chi connectivity index (χ1n) is 9.39. The van der Waals surface area contributed by atoms with Crippen LogP contribution in [-0.4, -0.2) is 48.2 Å². The molecule has 1 aliphatic carbocycles. The van der Waals surface area contributed by atoms with Crippen LogP contribution in [0.3, 0.4) is 0 Å². The normalized spacial score (nSPS) is 25.1. The van der Waals surface area contributed by atoms with Crippen LogP contribution in [0.25, 0.3) is 0 Å². The minimum atomic E-state index is -0.789. The molecule has 138 valence electrons. The van der Waals surface area contributed by atoms with E-state index >= 15 is 0 Å². The first-order chi connectivity index (χ1) is 12.2. The Bertz CT molecular complexity index is 547. The number of amides is 1. The van der Waals surface area contributed by atoms with Crippen molar-refractivity contribution in [2.75, 3.05) is 26.0 Å². The lowest BCUT2D eigenvalue weighted by molar-refractivity contribution is -0.00672. The van der Waals surface area contributed by atoms with Gasteiger partial charge in [-0.2, -0.15) is 0 Å². The zero-order valence-electron chi connectivity index (χ0n) is 15.0. The predicted octanol–water partition coefficient (Wildman–Crippen LogP) is 4.84. The highest BCUT2D eigenvalue weighted by Gasteiger charge is 2.26. The minimum Gasteiger partial charge on any atom is -0.465 e. The Hall–Kier alpha value is -1.20. The molecule has 2 aliphatic rings. The van der Waals surface area contributed by atoms with E-state index < -0.39 is 6.09 Å². The van der Waals surface area contributed by atoms with Crippen molar-refractivity contribution >= 4 is 17.9 Å². The monoisotopic (exact) mass is 363 g/mol. The van der Waals surface area contributed by atoms with Gasteiger partial charge in [0.15, 0.2) is 0 Å². The fraction of sp³-hybridized carbons (Fsp3) is 0.650. The molecule has 5 heteroatoms. The summed E-state index contributed by atoms with van der Waals surface area (Å²) in [7, 11) is 0. The Balaban J connectivity index is 1.37. The summed E-state index contributed by atoms with van der Waals surface area (Å²) in [6.45, 7) is 2.11. The molecule has 25 heavy (non-hydrogen) atoms. The average molecular weight is 364 g/mol. The van der Waals surface area contributed by atoms with Crippen molar-refractivity contribution in [3.63, 3.8) is 0 Å². The van der Waals surface area contributed by atoms with Crippen LogP contribution >= 0.6 is 11.8 Å². The maximum atomic E-state index is 10.9. The van der Waals surface area contributed by atoms with Crippen LogP contribution in [-0.2, 0) is 4.74 Å². The van der Waals surface area contributed by atoms with E-state index in [9.17, 15) is 4.79 Å². The second-order valence-electron chi connectivity index (χ2n) is 7.29. The molecule has 2 fully saturated rings. The number of nitrogens with zero attached hydrogens (tertiary/aromatic N) is 1. The quantitative estimate of drug-likeness (QED) is 0.761. The van der Waals surface area contributed by atoms with Gasteiger partial charge in [0.05, 0.1) is 6.10 Å². The molecule has 0 aromatic heterocycles. The van der Waals surface area contributed by atoms with Gasteiger partial charge in [-0.25, -0.2) is 4.79 Å². The van der Waals surface area contributed by atoms with Crippen molar-refractivity contribution < 1.29 is 14.6 Å². The van der Waals surface area contributed by atoms with Crippen molar-refractivity contribution in [3.8, 4) is 0 Å². The zero-order chi connectivity index (χ0) is 17.6. The molecule has 0 atom stereocenters. The molecule has 1 N–H and O–H groups in total. The first-order valence-corrected chi connectivity index (χ1v) is 10.6. The van der Waals surface area contributed by atoms with Gasteiger partial charge in [-0.05, 0) is 74.3 Å². The highest BCUT2D eigenvalue weighted by molar-refractivity contribution is 7.98. The van der Waals surface area contributed by atoms with Crippen molar-refractivity contribution in [3.05, 3.63) is 29.8 Å². The van der Waals surface area contributed by atoms with E-state index in [4.69, 9.17) is 9.84 Å². The van der Waals surface area contributed by atoms with Crippen molar-refractivity contribution in [1.29, 1.82) is 0 Å². The van der Waals surface area contributed by atoms with E-state index in [1.165, 1.54) is 28.2 Å². The summed E-state index contributed by atoms with van der Waals surface area (Å²) in [5, 5.41) is 9.00. The summed E-state index contributed by atoms with van der Waals surface area (Å²) in [6.07, 6.45) is 8.28. The number of carboxylic acid groups (broad SMARTS) is 1. The number of likely N-dealkylation sites (tertiary alicyclic amines) is 1. The standard InChI is InChI=1S/C20H29NO3S/c1-25-19-8-4-17(5-9-19)16-2-6-18(7-3-16)24-14-15-10-12-21(13-11-15)20(22)23/h4-5,8-9,15-16,18H,2-3,6-7,10-14H2,1H3,(H,22,23). The van der Waals surface area contributed by atoms with Gasteiger partial charge in [0.2, 0.25) is 0 Å². The molecule has 0 spiro atoms. The minimum absolute atomic E-state index is 0.388. The van der Waals surface area contributed by atoms with Crippen LogP contribution in [0.15, 0.2) is 29.2 Å². The van der Waals surface area contributed by atoms with Crippen molar-refractivity contribution in [2.24, 2.45) is 5.92 Å². The Morgan fingerprint density at radius 3 is 2.32 bits per heavy atom. The summed E-state index contributed by atoms with van der Waals surface area (Å²) in [5.74, 6) is 1.20. The summed E-state index contributed by atoms with van der Waals surface area (Å²) < 4.78 is 6.17. The Kier molecular flexibility index (Phi) is 6.65. The molecule has 1 saturated heterocycles. The molecular weight excluding hydrogens is 334 g/mol. The van der Waals surface area contributed by atoms with Gasteiger partial charge in [0.1, 0.15) is 0 Å². The molecule has 3 rings (SSSR count). The van der Waals surface area contributed by atoms with Gasteiger partial charge in [0.25, 0.3) is 0 Å². The summed E-state index contributed by atoms with van der Waals surface area (Å²) >= 11 is 1.79. The van der Waals surface area contributed by atoms with Gasteiger partial charge in [-0.15, -0.1) is 11.8 Å². The molecule has 1 aliphatic heterocycles. The third kappa shape index (κ3) is 5.14. The second-order valence-corrected chi connectivity index (χ2v) is 8.17. The molecule has 1 amide bonds. The summed E-state index contributed by atoms with van der Waals surface area (Å²) in [5.41, 5.74) is 1.47. The summed E-state index contributed by atoms with van der Waals surface area (Å²) in [4.78, 5) is 13.8. The summed E-state index contributed by atoms with van der Waals surface area (Å²) in [6, 6.07) is 9.03. The number of hydrogen-bond donors (Lipinski definition) is 1. The van der Waals surface area contributed by atoms with Crippen molar-refractivity contribution in [1.82, 2.24) is 4.90 Å². The van der Waals surface area contributed by atoms with E-state index in [0.29, 0.717) is 31.0 Å². The van der Waals surface area contributed by atoms with Crippen LogP contribution in [0.4, 0.5) is 4.79 Å². The lowest BCUT2D eigenvalue weighted by atomic mass is 9.83. The largest absolute Gasteiger partial charge is 0.465 e. The number of rotatable bonds is 5. The molecule has 0 bridgehead atoms. The molecule has 1 aromatic carbocycles. The van der Waals surface area contributed by atoms with Crippen LogP contribution in [0.1, 0.15) is 50.0 Å². The Morgan fingerprint density at radius 1 is 1.12 bits per heavy atom. The number of ether oxygens (including phenoxy) is 1. The number of benzene rings is 1. The number of piperidine rings is 1. The van der Waals surface area contributed by atoms with Crippen LogP contribution in [0.2, 0.25) is 0 Å². The number of thioether (sulfide) groups is 1. The van der Waals surface area contributed by atoms with E-state index in [0.717, 1.165) is 32.3 Å². The highest BCUT2D eigenvalue weighted by Crippen LogP contribution is 2.35. The fourth-order valence-corrected chi connectivity index (χ4v) is 4.41. The molecule has 0 radical (unpaired) electrons. The highest BCUT2D eigenvalue weighted by atomic mass is 32.2. The lowest BCUT2D eigenvalue weighted by Gasteiger charge is -2.33. The zero-order valence-corrected chi connectivity index (χ0v) is 15.8. The predicted molar refractivity (Wildman–Crippen MR) is 101 cm³/mol. The molecule has 0 unspecified atom stereocenters. The van der Waals surface area contributed by atoms with Crippen LogP contribution in [0, 0.1) is 5.92 Å². The maximum absolute atomic E-state index is 10.9. The fourth-order valence-electron chi connectivity index (χ4n) is 4.00. The first kappa shape index (κ1) is 18.6. The van der Waals surface area contributed by atoms with Gasteiger partial charge < -0.3 is 14.7 Å². The van der Waals surface area contributed by atoms with Crippen LogP contribution < -0.4 is 0 Å². The van der Waals surface area contributed by atoms with Gasteiger partial charge in [-0.1, -0.05) is 12.1 Å². The van der Waals surface area contributed by atoms with Crippen molar-refractivity contribution in [2.45, 2.75) is 55.4 Å². The topological polar surface area (TPSA) is 49.8 Å². The third-order valence-corrected chi connectivity index (χ3v) is 6.46. The lowest BCUT2D eigenvalue weighted by Crippen LogP contribution is -2.39. The SMILES string of the molecule is CSc1ccc(C2CCC(OCC3CCN(C(=O)O)CC3)CC2)cc1. The molecule has 1 saturated carbocycles. The molecule has 1 aromatic rings. The second kappa shape index (κ2) is 8.95. The van der Waals surface area contributed by atoms with E-state index in [1.807, 2.05) is 0 Å². The Labute approximate surface area is 154 Å². The smallest absolute Gasteiger partial charge is 0.407 e. The van der Waals surface area contributed by atoms with Gasteiger partial charge in [0, 0.05) is 24.6 Å². The average Bonchev–Trinajstić information content (AvgIpc) is 2.67.